The van der Waals surface area contributed by atoms with Gasteiger partial charge < -0.3 is 14.5 Å². The van der Waals surface area contributed by atoms with E-state index in [9.17, 15) is 4.79 Å². The number of methoxy groups -OCH3 is 1. The van der Waals surface area contributed by atoms with Gasteiger partial charge >= 0.3 is 0 Å². The first-order valence-corrected chi connectivity index (χ1v) is 6.18. The van der Waals surface area contributed by atoms with Gasteiger partial charge in [-0.1, -0.05) is 0 Å². The summed E-state index contributed by atoms with van der Waals surface area (Å²) in [6, 6.07) is 3.36. The number of carbonyl (C=O) groups is 1. The fraction of sp³-hybridized carbons (Fsp3) is 0.385. The first-order chi connectivity index (χ1) is 9.24. The van der Waals surface area contributed by atoms with Gasteiger partial charge in [0.25, 0.3) is 5.91 Å². The predicted octanol–water partition coefficient (Wildman–Crippen LogP) is 1.27. The maximum absolute atomic E-state index is 12.5. The van der Waals surface area contributed by atoms with E-state index in [1.54, 1.807) is 12.1 Å². The molecule has 1 aromatic carbocycles. The van der Waals surface area contributed by atoms with Crippen LogP contribution in [0.5, 0.6) is 11.5 Å². The molecule has 0 aliphatic carbocycles. The quantitative estimate of drug-likeness (QED) is 0.813. The summed E-state index contributed by atoms with van der Waals surface area (Å²) in [5, 5.41) is 0. The number of fused-ring (bicyclic) bond motifs is 2. The molecule has 2 heterocycles. The summed E-state index contributed by atoms with van der Waals surface area (Å²) in [5.74, 6) is 5.98. The third kappa shape index (κ3) is 1.84. The highest BCUT2D eigenvalue weighted by Crippen LogP contribution is 2.37. The lowest BCUT2D eigenvalue weighted by molar-refractivity contribution is 0.0774. The number of ether oxygens (including phenoxy) is 1. The molecule has 0 aromatic heterocycles. The van der Waals surface area contributed by atoms with E-state index in [2.05, 4.69) is 4.99 Å². The first kappa shape index (κ1) is 12.0. The molecule has 1 amide bonds. The van der Waals surface area contributed by atoms with E-state index in [0.717, 1.165) is 19.4 Å². The minimum absolute atomic E-state index is 0.0168. The van der Waals surface area contributed by atoms with E-state index < -0.39 is 0 Å². The Bertz CT molecular complexity index is 556. The molecule has 2 aliphatic rings. The first-order valence-electron chi connectivity index (χ1n) is 6.18. The average Bonchev–Trinajstić information content (AvgIpc) is 2.87. The molecule has 100 valence electrons. The number of rotatable bonds is 2. The molecule has 0 unspecified atom stereocenters. The van der Waals surface area contributed by atoms with Crippen LogP contribution in [0, 0.1) is 0 Å². The van der Waals surface area contributed by atoms with E-state index in [0.29, 0.717) is 22.7 Å². The molecule has 1 atom stereocenters. The van der Waals surface area contributed by atoms with E-state index in [1.165, 1.54) is 7.11 Å². The van der Waals surface area contributed by atoms with Crippen LogP contribution in [0.3, 0.4) is 0 Å². The lowest BCUT2D eigenvalue weighted by atomic mass is 10.1. The fourth-order valence-electron chi connectivity index (χ4n) is 2.60. The Morgan fingerprint density at radius 2 is 2.26 bits per heavy atom. The molecule has 1 fully saturated rings. The van der Waals surface area contributed by atoms with Gasteiger partial charge in [0, 0.05) is 18.8 Å². The van der Waals surface area contributed by atoms with Crippen LogP contribution in [0.4, 0.5) is 5.69 Å². The molecule has 0 spiro atoms. The van der Waals surface area contributed by atoms with Gasteiger partial charge in [0.1, 0.15) is 0 Å². The summed E-state index contributed by atoms with van der Waals surface area (Å²) >= 11 is 0. The van der Waals surface area contributed by atoms with Crippen LogP contribution in [-0.2, 0) is 0 Å². The van der Waals surface area contributed by atoms with Crippen molar-refractivity contribution in [3.8, 4) is 11.5 Å². The van der Waals surface area contributed by atoms with Crippen molar-refractivity contribution in [3.63, 3.8) is 0 Å². The van der Waals surface area contributed by atoms with E-state index in [-0.39, 0.29) is 11.9 Å². The Balaban J connectivity index is 2.12. The van der Waals surface area contributed by atoms with E-state index in [1.807, 2.05) is 11.1 Å². The van der Waals surface area contributed by atoms with Gasteiger partial charge in [-0.2, -0.15) is 5.90 Å². The maximum atomic E-state index is 12.5. The van der Waals surface area contributed by atoms with Gasteiger partial charge in [-0.3, -0.25) is 9.79 Å². The number of amides is 1. The number of nitrogens with zero attached hydrogens (tertiary/aromatic N) is 2. The summed E-state index contributed by atoms with van der Waals surface area (Å²) in [6.07, 6.45) is 3.79. The van der Waals surface area contributed by atoms with Crippen LogP contribution >= 0.6 is 0 Å². The van der Waals surface area contributed by atoms with E-state index >= 15 is 0 Å². The number of benzene rings is 1. The monoisotopic (exact) mass is 261 g/mol. The van der Waals surface area contributed by atoms with Gasteiger partial charge in [0.2, 0.25) is 0 Å². The van der Waals surface area contributed by atoms with Crippen molar-refractivity contribution in [1.82, 2.24) is 4.90 Å². The zero-order chi connectivity index (χ0) is 13.4. The van der Waals surface area contributed by atoms with Crippen molar-refractivity contribution < 1.29 is 14.4 Å². The molecule has 1 saturated heterocycles. The predicted molar refractivity (Wildman–Crippen MR) is 70.0 cm³/mol. The van der Waals surface area contributed by atoms with Gasteiger partial charge in [0.15, 0.2) is 11.5 Å². The molecule has 1 aromatic rings. The lowest BCUT2D eigenvalue weighted by Crippen LogP contribution is -2.35. The van der Waals surface area contributed by atoms with Crippen LogP contribution in [0.1, 0.15) is 23.2 Å². The molecule has 6 heteroatoms. The highest BCUT2D eigenvalue weighted by atomic mass is 16.6. The van der Waals surface area contributed by atoms with Crippen LogP contribution in [0.2, 0.25) is 0 Å². The zero-order valence-corrected chi connectivity index (χ0v) is 10.6. The van der Waals surface area contributed by atoms with Crippen LogP contribution < -0.4 is 15.5 Å². The molecule has 2 N–H and O–H groups in total. The van der Waals surface area contributed by atoms with E-state index in [4.69, 9.17) is 15.5 Å². The Morgan fingerprint density at radius 3 is 3.00 bits per heavy atom. The minimum atomic E-state index is -0.0168. The minimum Gasteiger partial charge on any atom is -0.493 e. The van der Waals surface area contributed by atoms with Gasteiger partial charge in [-0.25, -0.2) is 0 Å². The highest BCUT2D eigenvalue weighted by molar-refractivity contribution is 6.03. The molecule has 0 bridgehead atoms. The van der Waals surface area contributed by atoms with Crippen LogP contribution in [0.25, 0.3) is 0 Å². The Kier molecular flexibility index (Phi) is 2.87. The Labute approximate surface area is 110 Å². The summed E-state index contributed by atoms with van der Waals surface area (Å²) in [5.41, 5.74) is 1.10. The summed E-state index contributed by atoms with van der Waals surface area (Å²) in [7, 11) is 1.51. The second kappa shape index (κ2) is 4.55. The van der Waals surface area contributed by atoms with Crippen molar-refractivity contribution in [1.29, 1.82) is 0 Å². The molecule has 3 rings (SSSR count). The SMILES string of the molecule is COc1cc2c(cc1ON)N=C[C@@H]1CCCN1C2=O. The number of nitrogens with two attached hydrogens (primary N) is 1. The summed E-state index contributed by atoms with van der Waals surface area (Å²) in [4.78, 5) is 23.5. The highest BCUT2D eigenvalue weighted by Gasteiger charge is 2.32. The number of carbonyl (C=O) groups excluding carboxylic acids is 1. The lowest BCUT2D eigenvalue weighted by Gasteiger charge is -2.20. The fourth-order valence-corrected chi connectivity index (χ4v) is 2.60. The molecule has 6 nitrogen and oxygen atoms in total. The standard InChI is InChI=1S/C13H15N3O3/c1-18-11-5-9-10(6-12(11)19-14)15-7-8-3-2-4-16(8)13(9)17/h5-8H,2-4,14H2,1H3/t8-/m0/s1. The molecule has 0 radical (unpaired) electrons. The van der Waals surface area contributed by atoms with Crippen molar-refractivity contribution in [3.05, 3.63) is 17.7 Å². The largest absolute Gasteiger partial charge is 0.493 e. The number of aliphatic imine (C=N–C) groups is 1. The normalized spacial score (nSPS) is 20.8. The Morgan fingerprint density at radius 1 is 1.42 bits per heavy atom. The molecule has 19 heavy (non-hydrogen) atoms. The average molecular weight is 261 g/mol. The van der Waals surface area contributed by atoms with Crippen LogP contribution in [-0.4, -0.2) is 36.7 Å². The van der Waals surface area contributed by atoms with Gasteiger partial charge in [-0.05, 0) is 18.9 Å². The summed E-state index contributed by atoms with van der Waals surface area (Å²) < 4.78 is 5.18. The van der Waals surface area contributed by atoms with Crippen molar-refractivity contribution in [2.45, 2.75) is 18.9 Å². The zero-order valence-electron chi connectivity index (χ0n) is 10.6. The topological polar surface area (TPSA) is 77.2 Å². The van der Waals surface area contributed by atoms with Crippen molar-refractivity contribution >= 4 is 17.8 Å². The second-order valence-corrected chi connectivity index (χ2v) is 4.62. The third-order valence-electron chi connectivity index (χ3n) is 3.59. The third-order valence-corrected chi connectivity index (χ3v) is 3.59. The van der Waals surface area contributed by atoms with Crippen molar-refractivity contribution in [2.24, 2.45) is 10.9 Å². The second-order valence-electron chi connectivity index (χ2n) is 4.62. The smallest absolute Gasteiger partial charge is 0.256 e. The maximum Gasteiger partial charge on any atom is 0.256 e. The Hall–Kier alpha value is -2.08. The number of hydrogen-bond donors (Lipinski definition) is 1. The van der Waals surface area contributed by atoms with Gasteiger partial charge in [-0.15, -0.1) is 0 Å². The molecule has 0 saturated carbocycles. The van der Waals surface area contributed by atoms with Crippen LogP contribution in [0.15, 0.2) is 17.1 Å². The van der Waals surface area contributed by atoms with Gasteiger partial charge in [0.05, 0.1) is 24.4 Å². The van der Waals surface area contributed by atoms with Crippen molar-refractivity contribution in [2.75, 3.05) is 13.7 Å². The molecule has 2 aliphatic heterocycles. The number of hydrogen-bond acceptors (Lipinski definition) is 5. The molecular formula is C13H15N3O3. The molecular weight excluding hydrogens is 246 g/mol. The summed E-state index contributed by atoms with van der Waals surface area (Å²) in [6.45, 7) is 0.770.